The summed E-state index contributed by atoms with van der Waals surface area (Å²) in [6.45, 7) is 2.12. The quantitative estimate of drug-likeness (QED) is 0.320. The molecule has 0 saturated heterocycles. The summed E-state index contributed by atoms with van der Waals surface area (Å²) in [6.07, 6.45) is 4.36. The van der Waals surface area contributed by atoms with Crippen molar-refractivity contribution in [2.75, 3.05) is 46.2 Å². The molecule has 1 N–H and O–H groups in total. The average molecular weight is 352 g/mol. The van der Waals surface area contributed by atoms with Crippen LogP contribution in [-0.4, -0.2) is 63.6 Å². The third-order valence-electron chi connectivity index (χ3n) is 3.30. The van der Waals surface area contributed by atoms with Crippen LogP contribution in [-0.2, 0) is 14.9 Å². The number of nitrogens with zero attached hydrogens (tertiary/aromatic N) is 1. The summed E-state index contributed by atoms with van der Waals surface area (Å²) in [5.74, 6) is 5.79. The molecule has 1 aromatic rings. The van der Waals surface area contributed by atoms with Crippen LogP contribution in [0.2, 0.25) is 0 Å². The topological polar surface area (TPSA) is 63.6 Å². The predicted octanol–water partition coefficient (Wildman–Crippen LogP) is 2.07. The number of benzene rings is 1. The molecule has 0 fully saturated rings. The van der Waals surface area contributed by atoms with E-state index in [0.29, 0.717) is 37.2 Å². The number of ether oxygens (including phenoxy) is 1. The minimum absolute atomic E-state index is 0.209. The molecule has 0 spiro atoms. The third-order valence-corrected chi connectivity index (χ3v) is 4.10. The maximum atomic E-state index is 10.7. The fourth-order valence-electron chi connectivity index (χ4n) is 2.00. The maximum Gasteiger partial charge on any atom is 0.265 e. The minimum atomic E-state index is -3.88. The second-order valence-electron chi connectivity index (χ2n) is 6.14. The van der Waals surface area contributed by atoms with Crippen LogP contribution in [0.15, 0.2) is 36.4 Å². The largest absolute Gasteiger partial charge is 0.365 e. The van der Waals surface area contributed by atoms with Crippen LogP contribution in [0.3, 0.4) is 0 Å². The first-order chi connectivity index (χ1) is 11.3. The van der Waals surface area contributed by atoms with E-state index in [1.54, 1.807) is 0 Å². The van der Waals surface area contributed by atoms with Gasteiger partial charge in [0.15, 0.2) is 0 Å². The summed E-state index contributed by atoms with van der Waals surface area (Å²) < 4.78 is 36.1. The third kappa shape index (κ3) is 11.0. The maximum absolute atomic E-state index is 10.7. The first-order valence-corrected chi connectivity index (χ1v) is 9.42. The number of hydrogen-bond acceptors (Lipinski definition) is 3. The molecule has 0 unspecified atom stereocenters. The highest BCUT2D eigenvalue weighted by atomic mass is 32.2. The lowest BCUT2D eigenvalue weighted by Crippen LogP contribution is -2.41. The molecular weight excluding hydrogens is 326 g/mol. The predicted molar refractivity (Wildman–Crippen MR) is 96.9 cm³/mol. The second-order valence-corrected chi connectivity index (χ2v) is 7.71. The Labute approximate surface area is 145 Å². The fourth-order valence-corrected chi connectivity index (χ4v) is 2.50. The zero-order valence-electron chi connectivity index (χ0n) is 14.3. The molecule has 5 nitrogen and oxygen atoms in total. The Kier molecular flexibility index (Phi) is 8.72. The summed E-state index contributed by atoms with van der Waals surface area (Å²) in [5.41, 5.74) is 1.14. The molecule has 24 heavy (non-hydrogen) atoms. The van der Waals surface area contributed by atoms with E-state index in [9.17, 15) is 8.42 Å². The van der Waals surface area contributed by atoms with Gasteiger partial charge in [-0.1, -0.05) is 48.4 Å². The van der Waals surface area contributed by atoms with Crippen LogP contribution < -0.4 is 0 Å². The smallest absolute Gasteiger partial charge is 0.265 e. The van der Waals surface area contributed by atoms with Crippen molar-refractivity contribution >= 4 is 16.2 Å². The van der Waals surface area contributed by atoms with E-state index >= 15 is 0 Å². The summed E-state index contributed by atoms with van der Waals surface area (Å²) in [4.78, 5) is 0. The van der Waals surface area contributed by atoms with E-state index in [4.69, 9.17) is 9.29 Å². The van der Waals surface area contributed by atoms with Gasteiger partial charge in [-0.05, 0) is 11.5 Å². The van der Waals surface area contributed by atoms with Gasteiger partial charge < -0.3 is 9.22 Å². The standard InChI is InChI=1S/C18H25NO4S/c1-19(2,14-9-17-24(20,21)22)13-6-7-15-23-16-8-12-18-10-4-3-5-11-18/h3-5,8,10-12H,9,13-17H2,1-2H3/p+1. The minimum Gasteiger partial charge on any atom is -0.365 e. The van der Waals surface area contributed by atoms with Crippen molar-refractivity contribution in [2.45, 2.75) is 6.42 Å². The van der Waals surface area contributed by atoms with Crippen LogP contribution in [0.4, 0.5) is 0 Å². The van der Waals surface area contributed by atoms with E-state index in [2.05, 4.69) is 11.8 Å². The normalized spacial score (nSPS) is 12.1. The summed E-state index contributed by atoms with van der Waals surface area (Å²) >= 11 is 0. The van der Waals surface area contributed by atoms with Crippen molar-refractivity contribution < 1.29 is 22.2 Å². The lowest BCUT2D eigenvalue weighted by Gasteiger charge is -2.27. The first-order valence-electron chi connectivity index (χ1n) is 7.81. The van der Waals surface area contributed by atoms with Crippen molar-refractivity contribution in [2.24, 2.45) is 0 Å². The Balaban J connectivity index is 2.18. The molecule has 0 saturated carbocycles. The molecular formula is C18H26NO4S+. The van der Waals surface area contributed by atoms with Crippen molar-refractivity contribution in [1.82, 2.24) is 0 Å². The van der Waals surface area contributed by atoms with Gasteiger partial charge in [-0.15, -0.1) is 0 Å². The molecule has 0 aliphatic rings. The molecule has 0 heterocycles. The summed E-state index contributed by atoms with van der Waals surface area (Å²) in [5, 5.41) is 0. The molecule has 1 rings (SSSR count). The second kappa shape index (κ2) is 10.3. The lowest BCUT2D eigenvalue weighted by atomic mass is 10.2. The Morgan fingerprint density at radius 3 is 2.58 bits per heavy atom. The fraction of sp³-hybridized carbons (Fsp3) is 0.444. The average Bonchev–Trinajstić information content (AvgIpc) is 2.49. The molecule has 0 bridgehead atoms. The van der Waals surface area contributed by atoms with Gasteiger partial charge in [-0.2, -0.15) is 8.42 Å². The van der Waals surface area contributed by atoms with Gasteiger partial charge in [0.1, 0.15) is 13.2 Å². The highest BCUT2D eigenvalue weighted by Gasteiger charge is 2.14. The van der Waals surface area contributed by atoms with E-state index in [1.807, 2.05) is 56.6 Å². The lowest BCUT2D eigenvalue weighted by molar-refractivity contribution is -0.883. The molecule has 6 heteroatoms. The van der Waals surface area contributed by atoms with Crippen molar-refractivity contribution in [1.29, 1.82) is 0 Å². The molecule has 132 valence electrons. The zero-order chi connectivity index (χ0) is 17.9. The van der Waals surface area contributed by atoms with Gasteiger partial charge in [-0.3, -0.25) is 4.55 Å². The number of rotatable bonds is 9. The van der Waals surface area contributed by atoms with Gasteiger partial charge in [0.2, 0.25) is 0 Å². The van der Waals surface area contributed by atoms with Crippen LogP contribution in [0, 0.1) is 11.8 Å². The van der Waals surface area contributed by atoms with Crippen molar-refractivity contribution in [3.05, 3.63) is 42.0 Å². The van der Waals surface area contributed by atoms with Gasteiger partial charge in [0.05, 0.1) is 33.0 Å². The number of quaternary nitrogens is 1. The van der Waals surface area contributed by atoms with Gasteiger partial charge in [0, 0.05) is 6.42 Å². The highest BCUT2D eigenvalue weighted by molar-refractivity contribution is 7.85. The molecule has 0 aromatic heterocycles. The zero-order valence-corrected chi connectivity index (χ0v) is 15.1. The first kappa shape index (κ1) is 20.4. The monoisotopic (exact) mass is 352 g/mol. The van der Waals surface area contributed by atoms with Gasteiger partial charge >= 0.3 is 0 Å². The molecule has 0 amide bonds. The van der Waals surface area contributed by atoms with Gasteiger partial charge in [0.25, 0.3) is 10.1 Å². The van der Waals surface area contributed by atoms with Crippen LogP contribution in [0.5, 0.6) is 0 Å². The van der Waals surface area contributed by atoms with E-state index in [0.717, 1.165) is 5.56 Å². The highest BCUT2D eigenvalue weighted by Crippen LogP contribution is 2.01. The Bertz CT molecular complexity index is 670. The molecule has 0 radical (unpaired) electrons. The van der Waals surface area contributed by atoms with E-state index < -0.39 is 10.1 Å². The Morgan fingerprint density at radius 1 is 1.21 bits per heavy atom. The molecule has 0 aliphatic heterocycles. The van der Waals surface area contributed by atoms with Crippen molar-refractivity contribution in [3.8, 4) is 11.8 Å². The van der Waals surface area contributed by atoms with Crippen LogP contribution in [0.1, 0.15) is 12.0 Å². The SMILES string of the molecule is C[N+](C)(CC#CCOCC=Cc1ccccc1)CCCS(=O)(=O)O. The van der Waals surface area contributed by atoms with E-state index in [1.165, 1.54) is 0 Å². The summed E-state index contributed by atoms with van der Waals surface area (Å²) in [6, 6.07) is 10.0. The number of hydrogen-bond donors (Lipinski definition) is 1. The van der Waals surface area contributed by atoms with E-state index in [-0.39, 0.29) is 5.75 Å². The van der Waals surface area contributed by atoms with Crippen LogP contribution >= 0.6 is 0 Å². The molecule has 0 atom stereocenters. The Hall–Kier alpha value is -1.65. The summed E-state index contributed by atoms with van der Waals surface area (Å²) in [7, 11) is 0.0715. The van der Waals surface area contributed by atoms with Gasteiger partial charge in [-0.25, -0.2) is 0 Å². The molecule has 0 aliphatic carbocycles. The molecule has 1 aromatic carbocycles. The Morgan fingerprint density at radius 2 is 1.92 bits per heavy atom. The van der Waals surface area contributed by atoms with Crippen molar-refractivity contribution in [3.63, 3.8) is 0 Å². The van der Waals surface area contributed by atoms with Crippen LogP contribution in [0.25, 0.3) is 6.08 Å².